The van der Waals surface area contributed by atoms with Crippen LogP contribution < -0.4 is 5.32 Å². The summed E-state index contributed by atoms with van der Waals surface area (Å²) in [6.07, 6.45) is 0.933. The van der Waals surface area contributed by atoms with Gasteiger partial charge in [0.25, 0.3) is 0 Å². The number of oxazole rings is 1. The third-order valence-corrected chi connectivity index (χ3v) is 3.63. The Bertz CT molecular complexity index is 735. The lowest BCUT2D eigenvalue weighted by Gasteiger charge is -2.05. The highest BCUT2D eigenvalue weighted by Gasteiger charge is 2.25. The molecule has 0 aliphatic carbocycles. The van der Waals surface area contributed by atoms with Crippen molar-refractivity contribution in [3.05, 3.63) is 59.5 Å². The second-order valence-electron chi connectivity index (χ2n) is 5.08. The maximum Gasteiger partial charge on any atom is 0.218 e. The summed E-state index contributed by atoms with van der Waals surface area (Å²) in [5.74, 6) is 0.775. The van der Waals surface area contributed by atoms with E-state index in [1.54, 1.807) is 0 Å². The molecule has 0 saturated heterocycles. The molecule has 4 rings (SSSR count). The van der Waals surface area contributed by atoms with Crippen LogP contribution in [0.15, 0.2) is 46.9 Å². The zero-order valence-corrected chi connectivity index (χ0v) is 10.7. The Morgan fingerprint density at radius 3 is 3.00 bits per heavy atom. The van der Waals surface area contributed by atoms with Crippen molar-refractivity contribution in [3.8, 4) is 0 Å². The number of aryl methyl sites for hydroxylation is 1. The van der Waals surface area contributed by atoms with E-state index in [0.29, 0.717) is 0 Å². The van der Waals surface area contributed by atoms with E-state index in [4.69, 9.17) is 4.42 Å². The van der Waals surface area contributed by atoms with Crippen LogP contribution in [0, 0.1) is 6.92 Å². The van der Waals surface area contributed by atoms with E-state index in [0.717, 1.165) is 23.4 Å². The topological polar surface area (TPSA) is 38.1 Å². The second kappa shape index (κ2) is 3.85. The lowest BCUT2D eigenvalue weighted by Crippen LogP contribution is -2.05. The molecule has 94 valence electrons. The number of anilines is 1. The number of benzene rings is 2. The SMILES string of the molecule is Cc1ccc2nc(C3Cc4ccccc4N3)oc2c1. The first-order valence-corrected chi connectivity index (χ1v) is 6.51. The monoisotopic (exact) mass is 250 g/mol. The molecule has 1 unspecified atom stereocenters. The smallest absolute Gasteiger partial charge is 0.218 e. The highest BCUT2D eigenvalue weighted by molar-refractivity contribution is 5.73. The van der Waals surface area contributed by atoms with Crippen LogP contribution in [0.5, 0.6) is 0 Å². The van der Waals surface area contributed by atoms with E-state index in [-0.39, 0.29) is 6.04 Å². The van der Waals surface area contributed by atoms with Crippen molar-refractivity contribution < 1.29 is 4.42 Å². The molecule has 0 saturated carbocycles. The molecule has 3 nitrogen and oxygen atoms in total. The number of fused-ring (bicyclic) bond motifs is 2. The molecule has 1 aliphatic rings. The first kappa shape index (κ1) is 10.6. The molecule has 0 spiro atoms. The first-order chi connectivity index (χ1) is 9.29. The van der Waals surface area contributed by atoms with E-state index in [9.17, 15) is 0 Å². The number of para-hydroxylation sites is 1. The van der Waals surface area contributed by atoms with Gasteiger partial charge in [-0.05, 0) is 36.2 Å². The van der Waals surface area contributed by atoms with Crippen LogP contribution >= 0.6 is 0 Å². The Labute approximate surface area is 111 Å². The Hall–Kier alpha value is -2.29. The van der Waals surface area contributed by atoms with Crippen molar-refractivity contribution in [2.45, 2.75) is 19.4 Å². The van der Waals surface area contributed by atoms with Gasteiger partial charge in [0.1, 0.15) is 11.6 Å². The van der Waals surface area contributed by atoms with Crippen molar-refractivity contribution in [3.63, 3.8) is 0 Å². The summed E-state index contributed by atoms with van der Waals surface area (Å²) < 4.78 is 5.89. The van der Waals surface area contributed by atoms with Crippen LogP contribution in [0.3, 0.4) is 0 Å². The van der Waals surface area contributed by atoms with Crippen molar-refractivity contribution in [2.75, 3.05) is 5.32 Å². The van der Waals surface area contributed by atoms with Crippen molar-refractivity contribution in [1.29, 1.82) is 0 Å². The van der Waals surface area contributed by atoms with Crippen molar-refractivity contribution in [2.24, 2.45) is 0 Å². The van der Waals surface area contributed by atoms with Crippen LogP contribution in [0.2, 0.25) is 0 Å². The largest absolute Gasteiger partial charge is 0.438 e. The van der Waals surface area contributed by atoms with E-state index in [2.05, 4.69) is 41.5 Å². The third kappa shape index (κ3) is 1.70. The van der Waals surface area contributed by atoms with Gasteiger partial charge < -0.3 is 9.73 Å². The molecule has 1 aliphatic heterocycles. The fourth-order valence-electron chi connectivity index (χ4n) is 2.65. The Morgan fingerprint density at radius 2 is 2.11 bits per heavy atom. The summed E-state index contributed by atoms with van der Waals surface area (Å²) in [6, 6.07) is 14.6. The fraction of sp³-hybridized carbons (Fsp3) is 0.188. The van der Waals surface area contributed by atoms with Gasteiger partial charge in [-0.15, -0.1) is 0 Å². The van der Waals surface area contributed by atoms with Crippen LogP contribution in [0.25, 0.3) is 11.1 Å². The van der Waals surface area contributed by atoms with E-state index >= 15 is 0 Å². The molecule has 3 heteroatoms. The van der Waals surface area contributed by atoms with Gasteiger partial charge in [0.05, 0.1) is 0 Å². The average molecular weight is 250 g/mol. The molecular weight excluding hydrogens is 236 g/mol. The van der Waals surface area contributed by atoms with Gasteiger partial charge in [-0.3, -0.25) is 0 Å². The van der Waals surface area contributed by atoms with Gasteiger partial charge in [0.15, 0.2) is 5.58 Å². The zero-order chi connectivity index (χ0) is 12.8. The Morgan fingerprint density at radius 1 is 1.21 bits per heavy atom. The van der Waals surface area contributed by atoms with Crippen LogP contribution in [0.1, 0.15) is 23.1 Å². The highest BCUT2D eigenvalue weighted by atomic mass is 16.3. The summed E-state index contributed by atoms with van der Waals surface area (Å²) in [5.41, 5.74) is 5.50. The van der Waals surface area contributed by atoms with E-state index in [1.165, 1.54) is 16.8 Å². The summed E-state index contributed by atoms with van der Waals surface area (Å²) in [4.78, 5) is 4.59. The lowest BCUT2D eigenvalue weighted by atomic mass is 10.1. The number of hydrogen-bond donors (Lipinski definition) is 1. The van der Waals surface area contributed by atoms with Crippen LogP contribution in [-0.4, -0.2) is 4.98 Å². The summed E-state index contributed by atoms with van der Waals surface area (Å²) in [7, 11) is 0. The van der Waals surface area contributed by atoms with Gasteiger partial charge in [-0.2, -0.15) is 0 Å². The predicted molar refractivity (Wildman–Crippen MR) is 75.3 cm³/mol. The minimum atomic E-state index is 0.144. The number of nitrogens with zero attached hydrogens (tertiary/aromatic N) is 1. The molecule has 3 aromatic rings. The van der Waals surface area contributed by atoms with Gasteiger partial charge in [0.2, 0.25) is 5.89 Å². The number of nitrogens with one attached hydrogen (secondary N) is 1. The molecule has 2 heterocycles. The number of hydrogen-bond acceptors (Lipinski definition) is 3. The molecule has 1 atom stereocenters. The lowest BCUT2D eigenvalue weighted by molar-refractivity contribution is 0.497. The molecule has 0 radical (unpaired) electrons. The quantitative estimate of drug-likeness (QED) is 0.713. The predicted octanol–water partition coefficient (Wildman–Crippen LogP) is 3.85. The average Bonchev–Trinajstić information content (AvgIpc) is 3.00. The standard InChI is InChI=1S/C16H14N2O/c1-10-6-7-13-15(8-10)19-16(18-13)14-9-11-4-2-3-5-12(11)17-14/h2-8,14,17H,9H2,1H3. The third-order valence-electron chi connectivity index (χ3n) is 3.63. The van der Waals surface area contributed by atoms with E-state index < -0.39 is 0 Å². The molecule has 19 heavy (non-hydrogen) atoms. The van der Waals surface area contributed by atoms with Crippen LogP contribution in [-0.2, 0) is 6.42 Å². The normalized spacial score (nSPS) is 17.4. The maximum absolute atomic E-state index is 5.89. The van der Waals surface area contributed by atoms with E-state index in [1.807, 2.05) is 18.2 Å². The van der Waals surface area contributed by atoms with Crippen molar-refractivity contribution in [1.82, 2.24) is 4.98 Å². The molecule has 1 aromatic heterocycles. The Balaban J connectivity index is 1.73. The van der Waals surface area contributed by atoms with Gasteiger partial charge >= 0.3 is 0 Å². The second-order valence-corrected chi connectivity index (χ2v) is 5.08. The summed E-state index contributed by atoms with van der Waals surface area (Å²) in [5, 5.41) is 3.47. The van der Waals surface area contributed by atoms with Gasteiger partial charge in [-0.25, -0.2) is 4.98 Å². The molecule has 0 bridgehead atoms. The Kier molecular flexibility index (Phi) is 2.15. The molecular formula is C16H14N2O. The highest BCUT2D eigenvalue weighted by Crippen LogP contribution is 2.34. The number of aromatic nitrogens is 1. The minimum Gasteiger partial charge on any atom is -0.438 e. The summed E-state index contributed by atoms with van der Waals surface area (Å²) >= 11 is 0. The van der Waals surface area contributed by atoms with Gasteiger partial charge in [-0.1, -0.05) is 24.3 Å². The summed E-state index contributed by atoms with van der Waals surface area (Å²) in [6.45, 7) is 2.06. The minimum absolute atomic E-state index is 0.144. The molecule has 0 amide bonds. The number of rotatable bonds is 1. The van der Waals surface area contributed by atoms with Crippen molar-refractivity contribution >= 4 is 16.8 Å². The molecule has 2 aromatic carbocycles. The molecule has 0 fully saturated rings. The fourth-order valence-corrected chi connectivity index (χ4v) is 2.65. The molecule has 1 N–H and O–H groups in total. The first-order valence-electron chi connectivity index (χ1n) is 6.51. The van der Waals surface area contributed by atoms with Gasteiger partial charge in [0, 0.05) is 12.1 Å². The van der Waals surface area contributed by atoms with Crippen LogP contribution in [0.4, 0.5) is 5.69 Å². The zero-order valence-electron chi connectivity index (χ0n) is 10.7. The maximum atomic E-state index is 5.89.